The number of hydrogen-bond acceptors (Lipinski definition) is 2. The zero-order chi connectivity index (χ0) is 14.8. The Kier molecular flexibility index (Phi) is 4.52. The van der Waals surface area contributed by atoms with Crippen molar-refractivity contribution in [2.75, 3.05) is 18.0 Å². The normalized spacial score (nSPS) is 16.1. The molecule has 2 nitrogen and oxygen atoms in total. The lowest BCUT2D eigenvalue weighted by atomic mass is 9.90. The van der Waals surface area contributed by atoms with E-state index < -0.39 is 17.6 Å². The van der Waals surface area contributed by atoms with Crippen LogP contribution in [0.4, 0.5) is 23.2 Å². The van der Waals surface area contributed by atoms with Crippen LogP contribution in [0.2, 0.25) is 0 Å². The molecule has 2 N–H and O–H groups in total. The quantitative estimate of drug-likeness (QED) is 0.840. The molecule has 0 bridgehead atoms. The third kappa shape index (κ3) is 3.23. The Balaban J connectivity index is 2.24. The highest BCUT2D eigenvalue weighted by Gasteiger charge is 2.32. The molecule has 0 heterocycles. The van der Waals surface area contributed by atoms with Gasteiger partial charge in [0.1, 0.15) is 5.82 Å². The van der Waals surface area contributed by atoms with Crippen LogP contribution in [-0.4, -0.2) is 19.1 Å². The van der Waals surface area contributed by atoms with Gasteiger partial charge in [0.25, 0.3) is 0 Å². The summed E-state index contributed by atoms with van der Waals surface area (Å²) in [4.78, 5) is 1.85. The van der Waals surface area contributed by atoms with Crippen molar-refractivity contribution >= 4 is 5.69 Å². The summed E-state index contributed by atoms with van der Waals surface area (Å²) in [7, 11) is 0. The van der Waals surface area contributed by atoms with Crippen molar-refractivity contribution in [2.45, 2.75) is 37.9 Å². The van der Waals surface area contributed by atoms with Crippen LogP contribution in [0.1, 0.15) is 31.2 Å². The Morgan fingerprint density at radius 3 is 2.40 bits per heavy atom. The van der Waals surface area contributed by atoms with Crippen LogP contribution in [0, 0.1) is 5.82 Å². The second-order valence-corrected chi connectivity index (χ2v) is 5.08. The van der Waals surface area contributed by atoms with Crippen molar-refractivity contribution in [2.24, 2.45) is 5.73 Å². The second kappa shape index (κ2) is 5.99. The van der Waals surface area contributed by atoms with Gasteiger partial charge in [0.15, 0.2) is 0 Å². The lowest BCUT2D eigenvalue weighted by Crippen LogP contribution is -2.42. The summed E-state index contributed by atoms with van der Waals surface area (Å²) in [6.45, 7) is 1.05. The van der Waals surface area contributed by atoms with E-state index in [1.165, 1.54) is 6.07 Å². The average molecular weight is 290 g/mol. The average Bonchev–Trinajstić information content (AvgIpc) is 2.31. The standard InChI is InChI=1S/C14H18F4N2/c15-12-9-10(14(16,17)18)5-6-13(12)20(8-2-7-19)11-3-1-4-11/h5-6,9,11H,1-4,7-8,19H2. The number of hydrogen-bond donors (Lipinski definition) is 1. The fraction of sp³-hybridized carbons (Fsp3) is 0.571. The molecule has 0 radical (unpaired) electrons. The number of halogens is 4. The monoisotopic (exact) mass is 290 g/mol. The van der Waals surface area contributed by atoms with Gasteiger partial charge in [-0.15, -0.1) is 0 Å². The zero-order valence-electron chi connectivity index (χ0n) is 11.1. The van der Waals surface area contributed by atoms with E-state index in [0.717, 1.165) is 25.3 Å². The summed E-state index contributed by atoms with van der Waals surface area (Å²) < 4.78 is 51.6. The Morgan fingerprint density at radius 2 is 1.95 bits per heavy atom. The first-order valence-corrected chi connectivity index (χ1v) is 6.77. The molecule has 112 valence electrons. The van der Waals surface area contributed by atoms with Gasteiger partial charge in [-0.3, -0.25) is 0 Å². The summed E-state index contributed by atoms with van der Waals surface area (Å²) >= 11 is 0. The van der Waals surface area contributed by atoms with Crippen LogP contribution in [0.25, 0.3) is 0 Å². The topological polar surface area (TPSA) is 29.3 Å². The number of nitrogens with zero attached hydrogens (tertiary/aromatic N) is 1. The van der Waals surface area contributed by atoms with E-state index in [1.54, 1.807) is 0 Å². The Hall–Kier alpha value is -1.30. The van der Waals surface area contributed by atoms with Crippen LogP contribution in [0.3, 0.4) is 0 Å². The molecule has 0 unspecified atom stereocenters. The minimum absolute atomic E-state index is 0.216. The largest absolute Gasteiger partial charge is 0.416 e. The Bertz CT molecular complexity index is 455. The first kappa shape index (κ1) is 15.1. The maximum atomic E-state index is 14.0. The van der Waals surface area contributed by atoms with Gasteiger partial charge in [-0.25, -0.2) is 4.39 Å². The summed E-state index contributed by atoms with van der Waals surface area (Å²) in [5, 5.41) is 0. The minimum atomic E-state index is -4.52. The van der Waals surface area contributed by atoms with E-state index >= 15 is 0 Å². The van der Waals surface area contributed by atoms with E-state index in [4.69, 9.17) is 5.73 Å². The summed E-state index contributed by atoms with van der Waals surface area (Å²) in [6, 6.07) is 2.95. The van der Waals surface area contributed by atoms with Gasteiger partial charge < -0.3 is 10.6 Å². The number of rotatable bonds is 5. The molecule has 0 aromatic heterocycles. The minimum Gasteiger partial charge on any atom is -0.366 e. The maximum absolute atomic E-state index is 14.0. The molecule has 0 spiro atoms. The van der Waals surface area contributed by atoms with Crippen LogP contribution in [-0.2, 0) is 6.18 Å². The molecule has 1 aliphatic rings. The first-order chi connectivity index (χ1) is 9.43. The molecule has 0 amide bonds. The number of alkyl halides is 3. The maximum Gasteiger partial charge on any atom is 0.416 e. The lowest BCUT2D eigenvalue weighted by Gasteiger charge is -2.39. The van der Waals surface area contributed by atoms with Crippen LogP contribution >= 0.6 is 0 Å². The van der Waals surface area contributed by atoms with Crippen molar-refractivity contribution in [3.8, 4) is 0 Å². The number of anilines is 1. The third-order valence-corrected chi connectivity index (χ3v) is 3.70. The second-order valence-electron chi connectivity index (χ2n) is 5.08. The van der Waals surface area contributed by atoms with E-state index in [-0.39, 0.29) is 11.7 Å². The van der Waals surface area contributed by atoms with Crippen molar-refractivity contribution in [1.82, 2.24) is 0 Å². The van der Waals surface area contributed by atoms with Gasteiger partial charge in [0.05, 0.1) is 11.3 Å². The number of nitrogens with two attached hydrogens (primary N) is 1. The van der Waals surface area contributed by atoms with Crippen LogP contribution in [0.5, 0.6) is 0 Å². The molecule has 1 fully saturated rings. The molecule has 1 aromatic carbocycles. The van der Waals surface area contributed by atoms with Crippen molar-refractivity contribution in [3.63, 3.8) is 0 Å². The zero-order valence-corrected chi connectivity index (χ0v) is 11.1. The van der Waals surface area contributed by atoms with Gasteiger partial charge in [-0.2, -0.15) is 13.2 Å². The van der Waals surface area contributed by atoms with Crippen molar-refractivity contribution in [1.29, 1.82) is 0 Å². The molecular formula is C14H18F4N2. The molecular weight excluding hydrogens is 272 g/mol. The van der Waals surface area contributed by atoms with Crippen molar-refractivity contribution < 1.29 is 17.6 Å². The van der Waals surface area contributed by atoms with E-state index in [9.17, 15) is 17.6 Å². The van der Waals surface area contributed by atoms with Gasteiger partial charge >= 0.3 is 6.18 Å². The molecule has 1 aliphatic carbocycles. The van der Waals surface area contributed by atoms with E-state index in [2.05, 4.69) is 0 Å². The summed E-state index contributed by atoms with van der Waals surface area (Å²) in [5.41, 5.74) is 4.76. The summed E-state index contributed by atoms with van der Waals surface area (Å²) in [5.74, 6) is -0.816. The lowest BCUT2D eigenvalue weighted by molar-refractivity contribution is -0.137. The van der Waals surface area contributed by atoms with Crippen LogP contribution < -0.4 is 10.6 Å². The van der Waals surface area contributed by atoms with Crippen LogP contribution in [0.15, 0.2) is 18.2 Å². The fourth-order valence-electron chi connectivity index (χ4n) is 2.38. The Labute approximate surface area is 115 Å². The summed E-state index contributed by atoms with van der Waals surface area (Å²) in [6.07, 6.45) is -0.850. The van der Waals surface area contributed by atoms with Crippen molar-refractivity contribution in [3.05, 3.63) is 29.6 Å². The fourth-order valence-corrected chi connectivity index (χ4v) is 2.38. The first-order valence-electron chi connectivity index (χ1n) is 6.77. The van der Waals surface area contributed by atoms with Gasteiger partial charge in [0, 0.05) is 12.6 Å². The predicted molar refractivity (Wildman–Crippen MR) is 70.1 cm³/mol. The highest BCUT2D eigenvalue weighted by atomic mass is 19.4. The SMILES string of the molecule is NCCCN(c1ccc(C(F)(F)F)cc1F)C1CCC1. The highest BCUT2D eigenvalue weighted by molar-refractivity contribution is 5.51. The molecule has 0 atom stereocenters. The highest BCUT2D eigenvalue weighted by Crippen LogP contribution is 2.35. The molecule has 0 aliphatic heterocycles. The van der Waals surface area contributed by atoms with Gasteiger partial charge in [0.2, 0.25) is 0 Å². The molecule has 2 rings (SSSR count). The Morgan fingerprint density at radius 1 is 1.25 bits per heavy atom. The number of benzene rings is 1. The molecule has 6 heteroatoms. The third-order valence-electron chi connectivity index (χ3n) is 3.70. The molecule has 0 saturated heterocycles. The smallest absolute Gasteiger partial charge is 0.366 e. The van der Waals surface area contributed by atoms with Gasteiger partial charge in [-0.05, 0) is 50.4 Å². The van der Waals surface area contributed by atoms with Gasteiger partial charge in [-0.1, -0.05) is 0 Å². The van der Waals surface area contributed by atoms with E-state index in [1.807, 2.05) is 4.90 Å². The molecule has 1 saturated carbocycles. The van der Waals surface area contributed by atoms with E-state index in [0.29, 0.717) is 25.6 Å². The molecule has 20 heavy (non-hydrogen) atoms. The predicted octanol–water partition coefficient (Wildman–Crippen LogP) is 3.55. The molecule has 1 aromatic rings.